The van der Waals surface area contributed by atoms with Crippen molar-refractivity contribution in [2.75, 3.05) is 26.2 Å². The van der Waals surface area contributed by atoms with Crippen molar-refractivity contribution in [1.82, 2.24) is 9.80 Å². The zero-order valence-electron chi connectivity index (χ0n) is 18.4. The van der Waals surface area contributed by atoms with Gasteiger partial charge in [0.05, 0.1) is 11.6 Å². The number of carbonyl (C=O) groups excluding carboxylic acids is 2. The molecule has 0 spiro atoms. The molecule has 1 N–H and O–H groups in total. The van der Waals surface area contributed by atoms with Gasteiger partial charge in [-0.1, -0.05) is 56.5 Å². The monoisotopic (exact) mass is 400 g/mol. The van der Waals surface area contributed by atoms with Crippen LogP contribution in [0.15, 0.2) is 35.6 Å². The summed E-state index contributed by atoms with van der Waals surface area (Å²) < 4.78 is 0. The molecule has 5 nitrogen and oxygen atoms in total. The molecule has 1 heterocycles. The Hall–Kier alpha value is -2.14. The van der Waals surface area contributed by atoms with Gasteiger partial charge in [0.1, 0.15) is 0 Å². The number of ketones is 1. The Morgan fingerprint density at radius 3 is 2.10 bits per heavy atom. The van der Waals surface area contributed by atoms with E-state index in [2.05, 4.69) is 18.7 Å². The van der Waals surface area contributed by atoms with Crippen LogP contribution < -0.4 is 0 Å². The highest BCUT2D eigenvalue weighted by atomic mass is 16.3. The Bertz CT molecular complexity index is 716. The van der Waals surface area contributed by atoms with Gasteiger partial charge in [0, 0.05) is 6.54 Å². The third-order valence-corrected chi connectivity index (χ3v) is 5.61. The smallest absolute Gasteiger partial charge is 0.290 e. The number of hydrogen-bond acceptors (Lipinski definition) is 4. The topological polar surface area (TPSA) is 60.9 Å². The molecular weight excluding hydrogens is 364 g/mol. The molecule has 1 aliphatic heterocycles. The second-order valence-electron chi connectivity index (χ2n) is 8.03. The fraction of sp³-hybridized carbons (Fsp3) is 0.583. The summed E-state index contributed by atoms with van der Waals surface area (Å²) in [5.74, 6) is -1.08. The summed E-state index contributed by atoms with van der Waals surface area (Å²) in [4.78, 5) is 29.1. The first kappa shape index (κ1) is 23.1. The molecule has 0 saturated heterocycles. The van der Waals surface area contributed by atoms with Crippen LogP contribution in [0.1, 0.15) is 70.0 Å². The highest BCUT2D eigenvalue weighted by Crippen LogP contribution is 2.37. The number of aliphatic hydroxyl groups excluding tert-OH is 1. The Morgan fingerprint density at radius 1 is 1.03 bits per heavy atom. The van der Waals surface area contributed by atoms with Crippen LogP contribution in [0.4, 0.5) is 0 Å². The quantitative estimate of drug-likeness (QED) is 0.558. The van der Waals surface area contributed by atoms with Crippen molar-refractivity contribution >= 4 is 11.7 Å². The van der Waals surface area contributed by atoms with E-state index in [9.17, 15) is 14.7 Å². The van der Waals surface area contributed by atoms with Gasteiger partial charge in [-0.15, -0.1) is 0 Å². The number of aryl methyl sites for hydroxylation is 1. The van der Waals surface area contributed by atoms with Gasteiger partial charge in [0.15, 0.2) is 11.5 Å². The first-order valence-corrected chi connectivity index (χ1v) is 10.9. The molecule has 1 atom stereocenters. The molecule has 0 fully saturated rings. The number of benzene rings is 1. The van der Waals surface area contributed by atoms with Crippen LogP contribution in [0.2, 0.25) is 0 Å². The van der Waals surface area contributed by atoms with Gasteiger partial charge in [0.2, 0.25) is 0 Å². The van der Waals surface area contributed by atoms with Crippen molar-refractivity contribution in [3.63, 3.8) is 0 Å². The van der Waals surface area contributed by atoms with Crippen LogP contribution >= 0.6 is 0 Å². The van der Waals surface area contributed by atoms with E-state index < -0.39 is 17.7 Å². The zero-order valence-corrected chi connectivity index (χ0v) is 18.4. The van der Waals surface area contributed by atoms with Crippen LogP contribution in [0, 0.1) is 6.92 Å². The number of unbranched alkanes of at least 4 members (excludes halogenated alkanes) is 2. The third kappa shape index (κ3) is 5.92. The average Bonchev–Trinajstić information content (AvgIpc) is 2.95. The molecule has 0 aliphatic carbocycles. The van der Waals surface area contributed by atoms with Crippen molar-refractivity contribution in [1.29, 1.82) is 0 Å². The van der Waals surface area contributed by atoms with Gasteiger partial charge < -0.3 is 14.9 Å². The minimum Gasteiger partial charge on any atom is -0.503 e. The van der Waals surface area contributed by atoms with E-state index in [1.807, 2.05) is 31.2 Å². The molecule has 29 heavy (non-hydrogen) atoms. The predicted molar refractivity (Wildman–Crippen MR) is 117 cm³/mol. The van der Waals surface area contributed by atoms with Gasteiger partial charge in [-0.2, -0.15) is 0 Å². The molecule has 1 aromatic rings. The summed E-state index contributed by atoms with van der Waals surface area (Å²) in [6, 6.07) is 7.33. The summed E-state index contributed by atoms with van der Waals surface area (Å²) in [6.45, 7) is 11.4. The summed E-state index contributed by atoms with van der Waals surface area (Å²) in [5.41, 5.74) is 2.20. The lowest BCUT2D eigenvalue weighted by Crippen LogP contribution is -2.35. The molecule has 1 aliphatic rings. The van der Waals surface area contributed by atoms with Crippen LogP contribution in [0.25, 0.3) is 0 Å². The largest absolute Gasteiger partial charge is 0.503 e. The van der Waals surface area contributed by atoms with Crippen LogP contribution in [-0.4, -0.2) is 52.8 Å². The zero-order chi connectivity index (χ0) is 21.4. The predicted octanol–water partition coefficient (Wildman–Crippen LogP) is 4.57. The second-order valence-corrected chi connectivity index (χ2v) is 8.03. The van der Waals surface area contributed by atoms with E-state index >= 15 is 0 Å². The van der Waals surface area contributed by atoms with Gasteiger partial charge >= 0.3 is 0 Å². The Labute approximate surface area is 175 Å². The third-order valence-electron chi connectivity index (χ3n) is 5.61. The number of rotatable bonds is 12. The van der Waals surface area contributed by atoms with Gasteiger partial charge in [-0.25, -0.2) is 0 Å². The molecule has 0 saturated carbocycles. The van der Waals surface area contributed by atoms with Crippen molar-refractivity contribution in [3.05, 3.63) is 46.7 Å². The number of nitrogens with zero attached hydrogens (tertiary/aromatic N) is 2. The standard InChI is InChI=1S/C24H36N2O3/c1-5-7-14-25(15-8-6-2)16-9-17-26-22(20-12-10-18(3)11-13-20)21(19(4)27)23(28)24(26)29/h10-13,22,28H,5-9,14-17H2,1-4H3/t22-/m1/s1. The fourth-order valence-corrected chi connectivity index (χ4v) is 3.90. The summed E-state index contributed by atoms with van der Waals surface area (Å²) in [5, 5.41) is 10.4. The molecule has 1 aromatic carbocycles. The van der Waals surface area contributed by atoms with Crippen LogP contribution in [0.3, 0.4) is 0 Å². The van der Waals surface area contributed by atoms with Gasteiger partial charge in [0.25, 0.3) is 5.91 Å². The molecular formula is C24H36N2O3. The van der Waals surface area contributed by atoms with Gasteiger partial charge in [-0.3, -0.25) is 9.59 Å². The van der Waals surface area contributed by atoms with E-state index in [4.69, 9.17) is 0 Å². The van der Waals surface area contributed by atoms with E-state index in [1.54, 1.807) is 4.90 Å². The summed E-state index contributed by atoms with van der Waals surface area (Å²) in [6.07, 6.45) is 5.51. The molecule has 1 amide bonds. The van der Waals surface area contributed by atoms with Crippen molar-refractivity contribution < 1.29 is 14.7 Å². The number of hydrogen-bond donors (Lipinski definition) is 1. The Kier molecular flexibility index (Phi) is 8.90. The Morgan fingerprint density at radius 2 is 1.59 bits per heavy atom. The molecule has 160 valence electrons. The SMILES string of the molecule is CCCCN(CCCC)CCCN1C(=O)C(O)=C(C(C)=O)[C@H]1c1ccc(C)cc1. The maximum Gasteiger partial charge on any atom is 0.290 e. The summed E-state index contributed by atoms with van der Waals surface area (Å²) >= 11 is 0. The van der Waals surface area contributed by atoms with E-state index in [0.29, 0.717) is 6.54 Å². The molecule has 5 heteroatoms. The minimum absolute atomic E-state index is 0.215. The molecule has 0 aromatic heterocycles. The first-order chi connectivity index (χ1) is 13.9. The number of Topliss-reactive ketones (excluding diaryl/α,β-unsaturated/α-hetero) is 1. The maximum atomic E-state index is 12.7. The lowest BCUT2D eigenvalue weighted by molar-refractivity contribution is -0.129. The van der Waals surface area contributed by atoms with Crippen molar-refractivity contribution in [2.45, 2.75) is 65.8 Å². The maximum absolute atomic E-state index is 12.7. The number of amides is 1. The van der Waals surface area contributed by atoms with Crippen LogP contribution in [-0.2, 0) is 9.59 Å². The first-order valence-electron chi connectivity index (χ1n) is 10.9. The van der Waals surface area contributed by atoms with Crippen LogP contribution in [0.5, 0.6) is 0 Å². The highest BCUT2D eigenvalue weighted by Gasteiger charge is 2.41. The lowest BCUT2D eigenvalue weighted by atomic mass is 9.96. The number of aliphatic hydroxyl groups is 1. The van der Waals surface area contributed by atoms with E-state index in [-0.39, 0.29) is 11.4 Å². The van der Waals surface area contributed by atoms with Crippen molar-refractivity contribution in [3.8, 4) is 0 Å². The second kappa shape index (κ2) is 11.1. The summed E-state index contributed by atoms with van der Waals surface area (Å²) in [7, 11) is 0. The molecule has 0 bridgehead atoms. The lowest BCUT2D eigenvalue weighted by Gasteiger charge is -2.28. The van der Waals surface area contributed by atoms with Gasteiger partial charge in [-0.05, 0) is 58.3 Å². The van der Waals surface area contributed by atoms with E-state index in [1.165, 1.54) is 32.6 Å². The molecule has 0 radical (unpaired) electrons. The van der Waals surface area contributed by atoms with Crippen molar-refractivity contribution in [2.24, 2.45) is 0 Å². The number of carbonyl (C=O) groups is 2. The normalized spacial score (nSPS) is 16.9. The minimum atomic E-state index is -0.500. The Balaban J connectivity index is 2.13. The highest BCUT2D eigenvalue weighted by molar-refractivity contribution is 6.08. The van der Waals surface area contributed by atoms with E-state index in [0.717, 1.165) is 37.2 Å². The molecule has 2 rings (SSSR count). The molecule has 0 unspecified atom stereocenters. The average molecular weight is 401 g/mol. The fourth-order valence-electron chi connectivity index (χ4n) is 3.90.